The highest BCUT2D eigenvalue weighted by Gasteiger charge is 2.10. The van der Waals surface area contributed by atoms with Gasteiger partial charge in [0.25, 0.3) is 5.56 Å². The van der Waals surface area contributed by atoms with E-state index in [0.717, 1.165) is 10.6 Å². The van der Waals surface area contributed by atoms with Crippen LogP contribution in [0.25, 0.3) is 10.6 Å². The van der Waals surface area contributed by atoms with Gasteiger partial charge in [0.1, 0.15) is 5.69 Å². The second kappa shape index (κ2) is 5.67. The van der Waals surface area contributed by atoms with Crippen LogP contribution in [0.2, 0.25) is 0 Å². The molecule has 0 spiro atoms. The molecule has 0 radical (unpaired) electrons. The van der Waals surface area contributed by atoms with Crippen LogP contribution in [0.5, 0.6) is 0 Å². The van der Waals surface area contributed by atoms with Gasteiger partial charge >= 0.3 is 0 Å². The zero-order valence-corrected chi connectivity index (χ0v) is 12.0. The Bertz CT molecular complexity index is 575. The molecule has 0 unspecified atom stereocenters. The van der Waals surface area contributed by atoms with Gasteiger partial charge in [0.15, 0.2) is 0 Å². The maximum Gasteiger partial charge on any atom is 0.271 e. The molecule has 0 aliphatic heterocycles. The summed E-state index contributed by atoms with van der Waals surface area (Å²) in [7, 11) is 0. The number of aromatic nitrogens is 2. The van der Waals surface area contributed by atoms with Gasteiger partial charge in [-0.2, -0.15) is 5.10 Å². The maximum absolute atomic E-state index is 12.1. The van der Waals surface area contributed by atoms with E-state index in [2.05, 4.69) is 18.9 Å². The summed E-state index contributed by atoms with van der Waals surface area (Å²) in [5, 5.41) is 6.41. The number of hydrogen-bond acceptors (Lipinski definition) is 3. The van der Waals surface area contributed by atoms with E-state index in [1.807, 2.05) is 17.5 Å². The lowest BCUT2D eigenvalue weighted by atomic mass is 10.2. The third-order valence-corrected chi connectivity index (χ3v) is 3.68. The molecule has 18 heavy (non-hydrogen) atoms. The van der Waals surface area contributed by atoms with Crippen LogP contribution >= 0.6 is 22.9 Å². The molecule has 0 aliphatic carbocycles. The fraction of sp³-hybridized carbons (Fsp3) is 0.385. The van der Waals surface area contributed by atoms with Crippen LogP contribution in [0.1, 0.15) is 19.4 Å². The summed E-state index contributed by atoms with van der Waals surface area (Å²) in [5.41, 5.74) is 1.34. The first-order valence-electron chi connectivity index (χ1n) is 5.82. The van der Waals surface area contributed by atoms with Crippen molar-refractivity contribution in [2.45, 2.75) is 26.3 Å². The van der Waals surface area contributed by atoms with Gasteiger partial charge in [-0.15, -0.1) is 22.9 Å². The number of rotatable bonds is 4. The molecule has 2 rings (SSSR count). The zero-order valence-electron chi connectivity index (χ0n) is 10.4. The van der Waals surface area contributed by atoms with Crippen molar-refractivity contribution in [2.75, 3.05) is 0 Å². The normalized spacial score (nSPS) is 11.1. The van der Waals surface area contributed by atoms with Crippen molar-refractivity contribution in [3.8, 4) is 10.6 Å². The van der Waals surface area contributed by atoms with Crippen molar-refractivity contribution in [3.05, 3.63) is 39.5 Å². The van der Waals surface area contributed by atoms with Gasteiger partial charge in [0, 0.05) is 12.1 Å². The van der Waals surface area contributed by atoms with Gasteiger partial charge < -0.3 is 0 Å². The minimum atomic E-state index is -0.0843. The highest BCUT2D eigenvalue weighted by atomic mass is 35.5. The Morgan fingerprint density at radius 2 is 2.28 bits per heavy atom. The molecule has 0 bridgehead atoms. The van der Waals surface area contributed by atoms with E-state index in [1.165, 1.54) is 4.68 Å². The van der Waals surface area contributed by atoms with Crippen LogP contribution < -0.4 is 5.56 Å². The van der Waals surface area contributed by atoms with Gasteiger partial charge in [0.2, 0.25) is 0 Å². The lowest BCUT2D eigenvalue weighted by Gasteiger charge is -2.10. The molecule has 2 aromatic rings. The molecule has 3 nitrogen and oxygen atoms in total. The second-order valence-corrected chi connectivity index (χ2v) is 5.76. The minimum Gasteiger partial charge on any atom is -0.267 e. The number of halogens is 1. The predicted molar refractivity (Wildman–Crippen MR) is 76.2 cm³/mol. The first-order valence-corrected chi connectivity index (χ1v) is 7.24. The molecule has 96 valence electrons. The van der Waals surface area contributed by atoms with E-state index < -0.39 is 0 Å². The summed E-state index contributed by atoms with van der Waals surface area (Å²) >= 11 is 7.44. The van der Waals surface area contributed by atoms with Gasteiger partial charge in [-0.25, -0.2) is 4.68 Å². The van der Waals surface area contributed by atoms with Gasteiger partial charge in [-0.05, 0) is 23.4 Å². The highest BCUT2D eigenvalue weighted by Crippen LogP contribution is 2.22. The molecule has 2 aromatic heterocycles. The van der Waals surface area contributed by atoms with Gasteiger partial charge in [0.05, 0.1) is 10.8 Å². The monoisotopic (exact) mass is 282 g/mol. The number of thiophene rings is 1. The fourth-order valence-electron chi connectivity index (χ4n) is 1.71. The molecule has 2 heterocycles. The van der Waals surface area contributed by atoms with E-state index in [-0.39, 0.29) is 11.4 Å². The first-order chi connectivity index (χ1) is 8.61. The van der Waals surface area contributed by atoms with Crippen molar-refractivity contribution >= 4 is 22.9 Å². The molecular formula is C13H15ClN2OS. The van der Waals surface area contributed by atoms with E-state index in [4.69, 9.17) is 11.6 Å². The largest absolute Gasteiger partial charge is 0.271 e. The van der Waals surface area contributed by atoms with Crippen molar-refractivity contribution < 1.29 is 0 Å². The molecule has 0 amide bonds. The van der Waals surface area contributed by atoms with Crippen LogP contribution in [0.15, 0.2) is 28.4 Å². The lowest BCUT2D eigenvalue weighted by Crippen LogP contribution is -2.28. The van der Waals surface area contributed by atoms with Crippen LogP contribution in [-0.2, 0) is 12.4 Å². The van der Waals surface area contributed by atoms with Crippen LogP contribution in [0.4, 0.5) is 0 Å². The van der Waals surface area contributed by atoms with E-state index in [1.54, 1.807) is 17.4 Å². The SMILES string of the molecule is CC(C)Cn1nc(-c2cccs2)cc(CCl)c1=O. The quantitative estimate of drug-likeness (QED) is 0.806. The topological polar surface area (TPSA) is 34.9 Å². The highest BCUT2D eigenvalue weighted by molar-refractivity contribution is 7.13. The van der Waals surface area contributed by atoms with E-state index >= 15 is 0 Å². The molecule has 0 saturated carbocycles. The molecule has 0 saturated heterocycles. The summed E-state index contributed by atoms with van der Waals surface area (Å²) < 4.78 is 1.53. The van der Waals surface area contributed by atoms with Gasteiger partial charge in [-0.3, -0.25) is 4.79 Å². The molecular weight excluding hydrogens is 268 g/mol. The number of nitrogens with zero attached hydrogens (tertiary/aromatic N) is 2. The summed E-state index contributed by atoms with van der Waals surface area (Å²) in [5.74, 6) is 0.592. The van der Waals surface area contributed by atoms with Gasteiger partial charge in [-0.1, -0.05) is 19.9 Å². The predicted octanol–water partition coefficient (Wildman–Crippen LogP) is 3.37. The molecule has 0 atom stereocenters. The smallest absolute Gasteiger partial charge is 0.267 e. The number of alkyl halides is 1. The standard InChI is InChI=1S/C13H15ClN2OS/c1-9(2)8-16-13(17)10(7-14)6-11(15-16)12-4-3-5-18-12/h3-6,9H,7-8H2,1-2H3. The van der Waals surface area contributed by atoms with Crippen molar-refractivity contribution in [3.63, 3.8) is 0 Å². The van der Waals surface area contributed by atoms with Crippen molar-refractivity contribution in [1.29, 1.82) is 0 Å². The summed E-state index contributed by atoms with van der Waals surface area (Å²) in [6.45, 7) is 4.74. The Morgan fingerprint density at radius 3 is 2.83 bits per heavy atom. The Balaban J connectivity index is 2.53. The lowest BCUT2D eigenvalue weighted by molar-refractivity contribution is 0.463. The van der Waals surface area contributed by atoms with E-state index in [9.17, 15) is 4.79 Å². The Hall–Kier alpha value is -1.13. The van der Waals surface area contributed by atoms with Crippen LogP contribution in [-0.4, -0.2) is 9.78 Å². The van der Waals surface area contributed by atoms with Crippen molar-refractivity contribution in [1.82, 2.24) is 9.78 Å². The average Bonchev–Trinajstić information content (AvgIpc) is 2.84. The number of hydrogen-bond donors (Lipinski definition) is 0. The summed E-state index contributed by atoms with van der Waals surface area (Å²) in [6.07, 6.45) is 0. The summed E-state index contributed by atoms with van der Waals surface area (Å²) in [6, 6.07) is 5.76. The minimum absolute atomic E-state index is 0.0843. The average molecular weight is 283 g/mol. The first kappa shape index (κ1) is 13.3. The molecule has 0 aromatic carbocycles. The second-order valence-electron chi connectivity index (χ2n) is 4.55. The molecule has 0 fully saturated rings. The van der Waals surface area contributed by atoms with E-state index in [0.29, 0.717) is 18.0 Å². The summed E-state index contributed by atoms with van der Waals surface area (Å²) in [4.78, 5) is 13.1. The fourth-order valence-corrected chi connectivity index (χ4v) is 2.58. The zero-order chi connectivity index (χ0) is 13.1. The molecule has 5 heteroatoms. The maximum atomic E-state index is 12.1. The Labute approximate surface area is 115 Å². The molecule has 0 N–H and O–H groups in total. The Kier molecular flexibility index (Phi) is 4.19. The molecule has 0 aliphatic rings. The van der Waals surface area contributed by atoms with Crippen LogP contribution in [0, 0.1) is 5.92 Å². The van der Waals surface area contributed by atoms with Crippen molar-refractivity contribution in [2.24, 2.45) is 5.92 Å². The third-order valence-electron chi connectivity index (χ3n) is 2.50. The Morgan fingerprint density at radius 1 is 1.50 bits per heavy atom. The van der Waals surface area contributed by atoms with Crippen LogP contribution in [0.3, 0.4) is 0 Å². The third kappa shape index (κ3) is 2.82.